The van der Waals surface area contributed by atoms with Crippen LogP contribution in [0.2, 0.25) is 0 Å². The number of carboxylic acids is 1. The molecule has 0 aromatic heterocycles. The largest absolute Gasteiger partial charge is 0.480 e. The summed E-state index contributed by atoms with van der Waals surface area (Å²) in [7, 11) is 1.35. The molecule has 3 unspecified atom stereocenters. The molecule has 3 atom stereocenters. The molecule has 2 aliphatic rings. The van der Waals surface area contributed by atoms with Crippen molar-refractivity contribution in [2.75, 3.05) is 13.7 Å². The SMILES string of the molecule is COCC(C(=O)O)N1C(=O)C2CC(C)CC2C1=O. The molecule has 2 rings (SSSR count). The molecule has 0 bridgehead atoms. The molecule has 0 radical (unpaired) electrons. The van der Waals surface area contributed by atoms with Gasteiger partial charge in [0.05, 0.1) is 18.4 Å². The minimum atomic E-state index is -1.20. The Balaban J connectivity index is 2.22. The predicted molar refractivity (Wildman–Crippen MR) is 60.5 cm³/mol. The molecule has 100 valence electrons. The van der Waals surface area contributed by atoms with E-state index in [0.717, 1.165) is 4.90 Å². The molecule has 1 saturated carbocycles. The molecule has 1 heterocycles. The number of methoxy groups -OCH3 is 1. The van der Waals surface area contributed by atoms with Crippen LogP contribution in [-0.2, 0) is 19.1 Å². The van der Waals surface area contributed by atoms with Crippen molar-refractivity contribution in [3.8, 4) is 0 Å². The second-order valence-corrected chi connectivity index (χ2v) is 5.15. The third kappa shape index (κ3) is 1.90. The van der Waals surface area contributed by atoms with Crippen LogP contribution in [0, 0.1) is 17.8 Å². The Morgan fingerprint density at radius 2 is 1.89 bits per heavy atom. The average Bonchev–Trinajstić information content (AvgIpc) is 2.77. The third-order valence-corrected chi connectivity index (χ3v) is 3.83. The van der Waals surface area contributed by atoms with E-state index in [2.05, 4.69) is 0 Å². The van der Waals surface area contributed by atoms with Gasteiger partial charge in [0, 0.05) is 7.11 Å². The van der Waals surface area contributed by atoms with Crippen LogP contribution in [-0.4, -0.2) is 47.5 Å². The monoisotopic (exact) mass is 255 g/mol. The number of likely N-dealkylation sites (tertiary alicyclic amines) is 1. The van der Waals surface area contributed by atoms with Crippen LogP contribution in [0.25, 0.3) is 0 Å². The van der Waals surface area contributed by atoms with Crippen molar-refractivity contribution in [3.05, 3.63) is 0 Å². The number of carbonyl (C=O) groups is 3. The van der Waals surface area contributed by atoms with Crippen LogP contribution < -0.4 is 0 Å². The van der Waals surface area contributed by atoms with Crippen LogP contribution in [0.1, 0.15) is 19.8 Å². The standard InChI is InChI=1S/C12H17NO5/c1-6-3-7-8(4-6)11(15)13(10(7)14)9(5-18-2)12(16)17/h6-9H,3-5H2,1-2H3,(H,16,17). The highest BCUT2D eigenvalue weighted by Gasteiger charge is 2.54. The maximum atomic E-state index is 12.1. The summed E-state index contributed by atoms with van der Waals surface area (Å²) in [6.07, 6.45) is 1.34. The van der Waals surface area contributed by atoms with Gasteiger partial charge in [-0.05, 0) is 18.8 Å². The third-order valence-electron chi connectivity index (χ3n) is 3.83. The molecule has 1 saturated heterocycles. The van der Waals surface area contributed by atoms with E-state index in [1.165, 1.54) is 7.11 Å². The first-order valence-electron chi connectivity index (χ1n) is 6.06. The number of rotatable bonds is 4. The quantitative estimate of drug-likeness (QED) is 0.721. The molecule has 1 aliphatic carbocycles. The zero-order chi connectivity index (χ0) is 13.4. The summed E-state index contributed by atoms with van der Waals surface area (Å²) in [4.78, 5) is 36.3. The Morgan fingerprint density at radius 1 is 1.39 bits per heavy atom. The fourth-order valence-corrected chi connectivity index (χ4v) is 3.02. The summed E-state index contributed by atoms with van der Waals surface area (Å²) in [6, 6.07) is -1.20. The highest BCUT2D eigenvalue weighted by molar-refractivity contribution is 6.08. The van der Waals surface area contributed by atoms with Crippen LogP contribution in [0.3, 0.4) is 0 Å². The maximum absolute atomic E-state index is 12.1. The van der Waals surface area contributed by atoms with Gasteiger partial charge >= 0.3 is 5.97 Å². The Bertz CT molecular complexity index is 370. The predicted octanol–water partition coefficient (Wildman–Crippen LogP) is 0.117. The van der Waals surface area contributed by atoms with Crippen LogP contribution in [0.4, 0.5) is 0 Å². The van der Waals surface area contributed by atoms with Crippen molar-refractivity contribution in [2.24, 2.45) is 17.8 Å². The molecule has 2 fully saturated rings. The van der Waals surface area contributed by atoms with E-state index in [1.54, 1.807) is 0 Å². The number of hydrogen-bond acceptors (Lipinski definition) is 4. The fraction of sp³-hybridized carbons (Fsp3) is 0.750. The van der Waals surface area contributed by atoms with Crippen LogP contribution >= 0.6 is 0 Å². The number of fused-ring (bicyclic) bond motifs is 1. The van der Waals surface area contributed by atoms with Gasteiger partial charge in [0.15, 0.2) is 6.04 Å². The van der Waals surface area contributed by atoms with Gasteiger partial charge in [-0.25, -0.2) is 4.79 Å². The number of amides is 2. The van der Waals surface area contributed by atoms with Crippen LogP contribution in [0.5, 0.6) is 0 Å². The second kappa shape index (κ2) is 4.68. The number of carboxylic acid groups (broad SMARTS) is 1. The first-order valence-corrected chi connectivity index (χ1v) is 6.06. The molecule has 0 aromatic carbocycles. The number of nitrogens with zero attached hydrogens (tertiary/aromatic N) is 1. The molecule has 1 N–H and O–H groups in total. The zero-order valence-electron chi connectivity index (χ0n) is 10.5. The van der Waals surface area contributed by atoms with Crippen LogP contribution in [0.15, 0.2) is 0 Å². The Labute approximate surface area is 105 Å². The van der Waals surface area contributed by atoms with Gasteiger partial charge in [-0.1, -0.05) is 6.92 Å². The molecule has 1 aliphatic heterocycles. The van der Waals surface area contributed by atoms with Crippen molar-refractivity contribution < 1.29 is 24.2 Å². The summed E-state index contributed by atoms with van der Waals surface area (Å²) in [5.41, 5.74) is 0. The van der Waals surface area contributed by atoms with Crippen molar-refractivity contribution >= 4 is 17.8 Å². The lowest BCUT2D eigenvalue weighted by atomic mass is 10.00. The van der Waals surface area contributed by atoms with E-state index in [9.17, 15) is 14.4 Å². The number of imide groups is 1. The normalized spacial score (nSPS) is 32.8. The van der Waals surface area contributed by atoms with Gasteiger partial charge in [-0.2, -0.15) is 0 Å². The van der Waals surface area contributed by atoms with Crippen molar-refractivity contribution in [1.82, 2.24) is 4.90 Å². The fourth-order valence-electron chi connectivity index (χ4n) is 3.02. The lowest BCUT2D eigenvalue weighted by molar-refractivity contribution is -0.157. The summed E-state index contributed by atoms with van der Waals surface area (Å²) < 4.78 is 4.79. The number of ether oxygens (including phenoxy) is 1. The van der Waals surface area contributed by atoms with Gasteiger partial charge in [0.1, 0.15) is 0 Å². The molecular weight excluding hydrogens is 238 g/mol. The van der Waals surface area contributed by atoms with Crippen molar-refractivity contribution in [1.29, 1.82) is 0 Å². The maximum Gasteiger partial charge on any atom is 0.329 e. The lowest BCUT2D eigenvalue weighted by Crippen LogP contribution is -2.48. The van der Waals surface area contributed by atoms with E-state index in [1.807, 2.05) is 6.92 Å². The van der Waals surface area contributed by atoms with Crippen molar-refractivity contribution in [2.45, 2.75) is 25.8 Å². The van der Waals surface area contributed by atoms with Crippen molar-refractivity contribution in [3.63, 3.8) is 0 Å². The molecular formula is C12H17NO5. The summed E-state index contributed by atoms with van der Waals surface area (Å²) in [5.74, 6) is -2.21. The van der Waals surface area contributed by atoms with E-state index < -0.39 is 12.0 Å². The van der Waals surface area contributed by atoms with Gasteiger partial charge in [-0.15, -0.1) is 0 Å². The molecule has 6 nitrogen and oxygen atoms in total. The number of hydrogen-bond donors (Lipinski definition) is 1. The first-order chi connectivity index (χ1) is 8.47. The Morgan fingerprint density at radius 3 is 2.28 bits per heavy atom. The van der Waals surface area contributed by atoms with Gasteiger partial charge in [0.25, 0.3) is 0 Å². The second-order valence-electron chi connectivity index (χ2n) is 5.15. The average molecular weight is 255 g/mol. The molecule has 18 heavy (non-hydrogen) atoms. The summed E-state index contributed by atoms with van der Waals surface area (Å²) >= 11 is 0. The van der Waals surface area contributed by atoms with E-state index in [-0.39, 0.29) is 30.3 Å². The van der Waals surface area contributed by atoms with E-state index in [0.29, 0.717) is 18.8 Å². The van der Waals surface area contributed by atoms with Gasteiger partial charge < -0.3 is 9.84 Å². The van der Waals surface area contributed by atoms with E-state index in [4.69, 9.17) is 9.84 Å². The highest BCUT2D eigenvalue weighted by Crippen LogP contribution is 2.43. The first kappa shape index (κ1) is 13.0. The lowest BCUT2D eigenvalue weighted by Gasteiger charge is -2.23. The minimum absolute atomic E-state index is 0.165. The van der Waals surface area contributed by atoms with Gasteiger partial charge in [-0.3, -0.25) is 14.5 Å². The zero-order valence-corrected chi connectivity index (χ0v) is 10.5. The topological polar surface area (TPSA) is 83.9 Å². The molecule has 6 heteroatoms. The number of carbonyl (C=O) groups excluding carboxylic acids is 2. The molecule has 2 amide bonds. The number of aliphatic carboxylic acids is 1. The molecule has 0 spiro atoms. The summed E-state index contributed by atoms with van der Waals surface area (Å²) in [6.45, 7) is 1.84. The van der Waals surface area contributed by atoms with Gasteiger partial charge in [0.2, 0.25) is 11.8 Å². The Hall–Kier alpha value is -1.43. The summed E-state index contributed by atoms with van der Waals surface area (Å²) in [5, 5.41) is 9.09. The van der Waals surface area contributed by atoms with E-state index >= 15 is 0 Å². The minimum Gasteiger partial charge on any atom is -0.480 e. The Kier molecular flexibility index (Phi) is 3.38. The smallest absolute Gasteiger partial charge is 0.329 e. The molecule has 0 aromatic rings. The highest BCUT2D eigenvalue weighted by atomic mass is 16.5.